The van der Waals surface area contributed by atoms with E-state index in [9.17, 15) is 17.6 Å². The van der Waals surface area contributed by atoms with Crippen molar-refractivity contribution in [3.8, 4) is 10.6 Å². The Hall–Kier alpha value is -2.76. The summed E-state index contributed by atoms with van der Waals surface area (Å²) >= 11 is 1.09. The van der Waals surface area contributed by atoms with Gasteiger partial charge in [0.1, 0.15) is 28.0 Å². The van der Waals surface area contributed by atoms with E-state index in [0.717, 1.165) is 61.2 Å². The van der Waals surface area contributed by atoms with Gasteiger partial charge in [-0.2, -0.15) is 4.72 Å². The maximum Gasteiger partial charge on any atom is 0.250 e. The zero-order valence-corrected chi connectivity index (χ0v) is 22.1. The van der Waals surface area contributed by atoms with Gasteiger partial charge in [0.15, 0.2) is 0 Å². The van der Waals surface area contributed by atoms with Gasteiger partial charge in [0.05, 0.1) is 4.88 Å². The first-order chi connectivity index (χ1) is 17.9. The third-order valence-corrected chi connectivity index (χ3v) is 10.2. The highest BCUT2D eigenvalue weighted by Gasteiger charge is 2.30. The maximum absolute atomic E-state index is 13.5. The van der Waals surface area contributed by atoms with Crippen molar-refractivity contribution in [2.24, 2.45) is 5.92 Å². The molecule has 3 aromatic rings. The molecule has 1 amide bonds. The average molecular weight is 547 g/mol. The molecule has 5 rings (SSSR count). The first-order valence-corrected chi connectivity index (χ1v) is 15.0. The Labute approximate surface area is 220 Å². The number of benzene rings is 1. The molecule has 11 heteroatoms. The van der Waals surface area contributed by atoms with Crippen LogP contribution in [0.3, 0.4) is 0 Å². The zero-order chi connectivity index (χ0) is 25.8. The molecule has 0 radical (unpaired) electrons. The second-order valence-electron chi connectivity index (χ2n) is 9.72. The molecule has 0 bridgehead atoms. The van der Waals surface area contributed by atoms with Crippen LogP contribution in [0.25, 0.3) is 10.6 Å². The summed E-state index contributed by atoms with van der Waals surface area (Å²) in [6.45, 7) is 1.70. The highest BCUT2D eigenvalue weighted by atomic mass is 32.2. The minimum absolute atomic E-state index is 0.132. The van der Waals surface area contributed by atoms with E-state index in [4.69, 9.17) is 4.52 Å². The number of halogens is 1. The van der Waals surface area contributed by atoms with Crippen LogP contribution in [0.5, 0.6) is 0 Å². The van der Waals surface area contributed by atoms with Crippen molar-refractivity contribution in [1.29, 1.82) is 0 Å². The summed E-state index contributed by atoms with van der Waals surface area (Å²) in [5.74, 6) is -0.256. The number of nitrogens with zero attached hydrogens (tertiary/aromatic N) is 2. The Bertz CT molecular complexity index is 1320. The predicted octanol–water partition coefficient (Wildman–Crippen LogP) is 4.34. The molecule has 8 nitrogen and oxygen atoms in total. The molecular formula is C26H31FN4O4S2. The molecule has 198 valence electrons. The molecule has 1 aliphatic carbocycles. The average Bonchev–Trinajstić information content (AvgIpc) is 3.65. The van der Waals surface area contributed by atoms with Crippen molar-refractivity contribution in [3.63, 3.8) is 0 Å². The lowest BCUT2D eigenvalue weighted by molar-refractivity contribution is -0.123. The van der Waals surface area contributed by atoms with E-state index in [1.807, 2.05) is 0 Å². The Morgan fingerprint density at radius 3 is 2.81 bits per heavy atom. The Morgan fingerprint density at radius 2 is 2.03 bits per heavy atom. The predicted molar refractivity (Wildman–Crippen MR) is 140 cm³/mol. The highest BCUT2D eigenvalue weighted by Crippen LogP contribution is 2.31. The summed E-state index contributed by atoms with van der Waals surface area (Å²) < 4.78 is 47.7. The van der Waals surface area contributed by atoms with Gasteiger partial charge in [-0.1, -0.05) is 37.3 Å². The third-order valence-electron chi connectivity index (χ3n) is 7.16. The number of anilines is 1. The summed E-state index contributed by atoms with van der Waals surface area (Å²) in [7, 11) is -3.91. The number of carbonyl (C=O) groups excluding carboxylic acids is 1. The topological polar surface area (TPSA) is 105 Å². The number of rotatable bonds is 10. The monoisotopic (exact) mass is 546 g/mol. The van der Waals surface area contributed by atoms with E-state index >= 15 is 0 Å². The van der Waals surface area contributed by atoms with E-state index in [1.54, 1.807) is 24.3 Å². The quantitative estimate of drug-likeness (QED) is 0.392. The number of amides is 1. The molecule has 0 saturated heterocycles. The first kappa shape index (κ1) is 25.9. The van der Waals surface area contributed by atoms with Crippen LogP contribution in [0.1, 0.15) is 44.1 Å². The fourth-order valence-electron chi connectivity index (χ4n) is 5.26. The Kier molecular flexibility index (Phi) is 7.92. The van der Waals surface area contributed by atoms with Gasteiger partial charge < -0.3 is 14.7 Å². The maximum atomic E-state index is 13.5. The van der Waals surface area contributed by atoms with Crippen molar-refractivity contribution in [3.05, 3.63) is 54.0 Å². The Morgan fingerprint density at radius 1 is 1.19 bits per heavy atom. The van der Waals surface area contributed by atoms with Crippen molar-refractivity contribution >= 4 is 33.0 Å². The first-order valence-electron chi connectivity index (χ1n) is 12.7. The molecule has 1 aromatic carbocycles. The molecule has 3 heterocycles. The van der Waals surface area contributed by atoms with Crippen LogP contribution >= 0.6 is 11.3 Å². The van der Waals surface area contributed by atoms with E-state index < -0.39 is 16.1 Å². The summed E-state index contributed by atoms with van der Waals surface area (Å²) in [6.07, 6.45) is 8.06. The minimum Gasteiger partial charge on any atom is -0.369 e. The van der Waals surface area contributed by atoms with E-state index in [0.29, 0.717) is 36.0 Å². The van der Waals surface area contributed by atoms with Crippen LogP contribution in [-0.2, 0) is 21.2 Å². The SMILES string of the molecule is O=C(NCCN1CCc2cc(F)ccc21)[C@H](CC1CCCCC1)NS(=O)(=O)c1ccc(-c2ccon2)s1. The number of hydrogen-bond acceptors (Lipinski definition) is 7. The summed E-state index contributed by atoms with van der Waals surface area (Å²) in [4.78, 5) is 16.0. The number of thiophene rings is 1. The van der Waals surface area contributed by atoms with Gasteiger partial charge in [0.25, 0.3) is 10.0 Å². The fourth-order valence-corrected chi connectivity index (χ4v) is 7.75. The van der Waals surface area contributed by atoms with Crippen molar-refractivity contribution < 1.29 is 22.1 Å². The summed E-state index contributed by atoms with van der Waals surface area (Å²) in [6, 6.07) is 8.81. The molecular weight excluding hydrogens is 515 g/mol. The van der Waals surface area contributed by atoms with Crippen LogP contribution < -0.4 is 14.9 Å². The highest BCUT2D eigenvalue weighted by molar-refractivity contribution is 7.91. The molecule has 0 spiro atoms. The third kappa shape index (κ3) is 6.22. The standard InChI is InChI=1S/C26H31FN4O4S2/c27-20-6-7-23-19(17-20)10-13-31(23)14-12-28-26(32)22(16-18-4-2-1-3-5-18)30-37(33,34)25-9-8-24(36-25)21-11-15-35-29-21/h6-9,11,15,17-18,22,30H,1-5,10,12-14,16H2,(H,28,32)/t22-/m0/s1. The smallest absolute Gasteiger partial charge is 0.250 e. The lowest BCUT2D eigenvalue weighted by atomic mass is 9.85. The number of hydrogen-bond donors (Lipinski definition) is 2. The summed E-state index contributed by atoms with van der Waals surface area (Å²) in [5.41, 5.74) is 2.51. The van der Waals surface area contributed by atoms with Crippen LogP contribution in [0, 0.1) is 11.7 Å². The largest absolute Gasteiger partial charge is 0.369 e. The van der Waals surface area contributed by atoms with Gasteiger partial charge in [-0.3, -0.25) is 4.79 Å². The number of carbonyl (C=O) groups is 1. The van der Waals surface area contributed by atoms with Gasteiger partial charge in [-0.15, -0.1) is 11.3 Å². The molecule has 2 N–H and O–H groups in total. The van der Waals surface area contributed by atoms with Crippen LogP contribution in [-0.4, -0.2) is 45.2 Å². The Balaban J connectivity index is 1.24. The molecule has 1 aliphatic heterocycles. The van der Waals surface area contributed by atoms with E-state index in [2.05, 4.69) is 20.1 Å². The minimum atomic E-state index is -3.91. The van der Waals surface area contributed by atoms with Crippen molar-refractivity contribution in [2.75, 3.05) is 24.5 Å². The lowest BCUT2D eigenvalue weighted by Gasteiger charge is -2.27. The second kappa shape index (κ2) is 11.3. The van der Waals surface area contributed by atoms with Crippen LogP contribution in [0.15, 0.2) is 51.4 Å². The molecule has 0 unspecified atom stereocenters. The van der Waals surface area contributed by atoms with Crippen molar-refractivity contribution in [2.45, 2.75) is 55.2 Å². The number of fused-ring (bicyclic) bond motifs is 1. The van der Waals surface area contributed by atoms with E-state index in [-0.39, 0.29) is 15.9 Å². The van der Waals surface area contributed by atoms with Gasteiger partial charge in [0.2, 0.25) is 5.91 Å². The summed E-state index contributed by atoms with van der Waals surface area (Å²) in [5, 5.41) is 6.81. The van der Waals surface area contributed by atoms with Gasteiger partial charge in [-0.05, 0) is 54.7 Å². The fraction of sp³-hybridized carbons (Fsp3) is 0.462. The lowest BCUT2D eigenvalue weighted by Crippen LogP contribution is -2.49. The second-order valence-corrected chi connectivity index (χ2v) is 12.7. The number of sulfonamides is 1. The molecule has 37 heavy (non-hydrogen) atoms. The normalized spacial score (nSPS) is 17.1. The van der Waals surface area contributed by atoms with Gasteiger partial charge >= 0.3 is 0 Å². The van der Waals surface area contributed by atoms with Gasteiger partial charge in [0, 0.05) is 31.4 Å². The number of aromatic nitrogens is 1. The molecule has 1 saturated carbocycles. The van der Waals surface area contributed by atoms with Crippen LogP contribution in [0.4, 0.5) is 10.1 Å². The van der Waals surface area contributed by atoms with E-state index in [1.165, 1.54) is 24.8 Å². The molecule has 1 atom stereocenters. The molecule has 2 aliphatic rings. The molecule has 1 fully saturated rings. The van der Waals surface area contributed by atoms with Crippen LogP contribution in [0.2, 0.25) is 0 Å². The number of nitrogens with one attached hydrogen (secondary N) is 2. The molecule has 2 aromatic heterocycles. The zero-order valence-electron chi connectivity index (χ0n) is 20.5. The van der Waals surface area contributed by atoms with Gasteiger partial charge in [-0.25, -0.2) is 12.8 Å². The van der Waals surface area contributed by atoms with Crippen molar-refractivity contribution in [1.82, 2.24) is 15.2 Å².